The zero-order valence-electron chi connectivity index (χ0n) is 16.3. The number of amides is 1. The molecular weight excluding hydrogens is 336 g/mol. The molecule has 0 atom stereocenters. The van der Waals surface area contributed by atoms with Gasteiger partial charge in [0.2, 0.25) is 5.91 Å². The standard InChI is InChI=1S/C22H30N4O/c1-16(22-12-17-9-18(13-22)11-19(10-17)14-22)8-21(27)26-6-4-25(5-7-26)20-15-23-2-3-24-20/h2-3,8,15,17-19H,4-7,9-14H2,1H3. The van der Waals surface area contributed by atoms with Crippen molar-refractivity contribution in [1.29, 1.82) is 0 Å². The third kappa shape index (κ3) is 3.15. The van der Waals surface area contributed by atoms with E-state index >= 15 is 0 Å². The minimum absolute atomic E-state index is 0.210. The molecule has 5 heteroatoms. The maximum Gasteiger partial charge on any atom is 0.246 e. The van der Waals surface area contributed by atoms with Crippen LogP contribution in [0.25, 0.3) is 0 Å². The highest BCUT2D eigenvalue weighted by molar-refractivity contribution is 5.88. The predicted molar refractivity (Wildman–Crippen MR) is 105 cm³/mol. The summed E-state index contributed by atoms with van der Waals surface area (Å²) < 4.78 is 0. The fourth-order valence-electron chi connectivity index (χ4n) is 6.63. The van der Waals surface area contributed by atoms with Crippen LogP contribution in [-0.2, 0) is 4.79 Å². The van der Waals surface area contributed by atoms with E-state index in [1.165, 1.54) is 44.1 Å². The summed E-state index contributed by atoms with van der Waals surface area (Å²) in [4.78, 5) is 25.7. The maximum atomic E-state index is 12.9. The van der Waals surface area contributed by atoms with Crippen molar-refractivity contribution in [1.82, 2.24) is 14.9 Å². The summed E-state index contributed by atoms with van der Waals surface area (Å²) in [5, 5.41) is 0. The topological polar surface area (TPSA) is 49.3 Å². The molecule has 4 bridgehead atoms. The number of aromatic nitrogens is 2. The van der Waals surface area contributed by atoms with Crippen LogP contribution in [-0.4, -0.2) is 47.0 Å². The Morgan fingerprint density at radius 3 is 2.22 bits per heavy atom. The lowest BCUT2D eigenvalue weighted by Gasteiger charge is -2.57. The molecule has 1 aromatic rings. The average Bonchev–Trinajstić information content (AvgIpc) is 2.68. The highest BCUT2D eigenvalue weighted by Crippen LogP contribution is 2.62. The van der Waals surface area contributed by atoms with Crippen LogP contribution in [0.5, 0.6) is 0 Å². The highest BCUT2D eigenvalue weighted by Gasteiger charge is 2.51. The third-order valence-corrected chi connectivity index (χ3v) is 7.68. The molecule has 144 valence electrons. The van der Waals surface area contributed by atoms with Crippen LogP contribution in [0.3, 0.4) is 0 Å². The number of hydrogen-bond acceptors (Lipinski definition) is 4. The van der Waals surface area contributed by atoms with E-state index in [9.17, 15) is 4.79 Å². The Labute approximate surface area is 161 Å². The van der Waals surface area contributed by atoms with Gasteiger partial charge in [0.05, 0.1) is 6.20 Å². The predicted octanol–water partition coefficient (Wildman–Crippen LogP) is 3.29. The van der Waals surface area contributed by atoms with Crippen LogP contribution in [0.4, 0.5) is 5.82 Å². The van der Waals surface area contributed by atoms with Gasteiger partial charge in [0.15, 0.2) is 0 Å². The summed E-state index contributed by atoms with van der Waals surface area (Å²) in [6, 6.07) is 0. The van der Waals surface area contributed by atoms with E-state index in [4.69, 9.17) is 0 Å². The summed E-state index contributed by atoms with van der Waals surface area (Å²) in [6.07, 6.45) is 15.5. The first kappa shape index (κ1) is 17.2. The van der Waals surface area contributed by atoms with Gasteiger partial charge in [-0.15, -0.1) is 0 Å². The van der Waals surface area contributed by atoms with Crippen molar-refractivity contribution in [2.75, 3.05) is 31.1 Å². The van der Waals surface area contributed by atoms with Crippen molar-refractivity contribution >= 4 is 11.7 Å². The lowest BCUT2D eigenvalue weighted by molar-refractivity contribution is -0.126. The van der Waals surface area contributed by atoms with Crippen LogP contribution >= 0.6 is 0 Å². The monoisotopic (exact) mass is 366 g/mol. The summed E-state index contributed by atoms with van der Waals surface area (Å²) in [5.74, 6) is 3.88. The Balaban J connectivity index is 1.24. The molecule has 1 aliphatic heterocycles. The zero-order chi connectivity index (χ0) is 18.4. The van der Waals surface area contributed by atoms with Crippen molar-refractivity contribution in [3.8, 4) is 0 Å². The van der Waals surface area contributed by atoms with Crippen LogP contribution < -0.4 is 4.90 Å². The molecule has 6 rings (SSSR count). The Bertz CT molecular complexity index is 701. The van der Waals surface area contributed by atoms with Crippen molar-refractivity contribution in [3.05, 3.63) is 30.2 Å². The molecule has 0 unspecified atom stereocenters. The Morgan fingerprint density at radius 1 is 1.04 bits per heavy atom. The summed E-state index contributed by atoms with van der Waals surface area (Å²) >= 11 is 0. The third-order valence-electron chi connectivity index (χ3n) is 7.68. The van der Waals surface area contributed by atoms with Crippen molar-refractivity contribution in [2.45, 2.75) is 45.4 Å². The first-order valence-corrected chi connectivity index (χ1v) is 10.6. The van der Waals surface area contributed by atoms with Gasteiger partial charge in [-0.05, 0) is 68.6 Å². The Kier molecular flexibility index (Phi) is 4.21. The lowest BCUT2D eigenvalue weighted by Crippen LogP contribution is -2.49. The molecule has 0 aromatic carbocycles. The normalized spacial score (nSPS) is 35.6. The van der Waals surface area contributed by atoms with Gasteiger partial charge in [-0.1, -0.05) is 5.57 Å². The molecule has 5 fully saturated rings. The van der Waals surface area contributed by atoms with E-state index < -0.39 is 0 Å². The number of nitrogens with zero attached hydrogens (tertiary/aromatic N) is 4. The van der Waals surface area contributed by atoms with Gasteiger partial charge in [-0.3, -0.25) is 9.78 Å². The number of rotatable bonds is 3. The number of hydrogen-bond donors (Lipinski definition) is 0. The molecule has 0 spiro atoms. The molecule has 1 amide bonds. The second-order valence-corrected chi connectivity index (χ2v) is 9.40. The van der Waals surface area contributed by atoms with Gasteiger partial charge < -0.3 is 9.80 Å². The molecule has 1 saturated heterocycles. The molecule has 4 aliphatic carbocycles. The average molecular weight is 367 g/mol. The van der Waals surface area contributed by atoms with E-state index in [1.807, 2.05) is 11.0 Å². The number of anilines is 1. The largest absolute Gasteiger partial charge is 0.352 e. The van der Waals surface area contributed by atoms with E-state index in [2.05, 4.69) is 21.8 Å². The zero-order valence-corrected chi connectivity index (χ0v) is 16.3. The van der Waals surface area contributed by atoms with Gasteiger partial charge in [0, 0.05) is 44.6 Å². The second-order valence-electron chi connectivity index (χ2n) is 9.40. The number of carbonyl (C=O) groups is 1. The minimum Gasteiger partial charge on any atom is -0.352 e. The molecule has 4 saturated carbocycles. The molecule has 5 nitrogen and oxygen atoms in total. The Hall–Kier alpha value is -1.91. The van der Waals surface area contributed by atoms with E-state index in [0.29, 0.717) is 5.41 Å². The summed E-state index contributed by atoms with van der Waals surface area (Å²) in [7, 11) is 0. The molecule has 2 heterocycles. The first-order chi connectivity index (χ1) is 13.1. The fourth-order valence-corrected chi connectivity index (χ4v) is 6.63. The van der Waals surface area contributed by atoms with E-state index in [-0.39, 0.29) is 5.91 Å². The van der Waals surface area contributed by atoms with Gasteiger partial charge in [-0.2, -0.15) is 0 Å². The van der Waals surface area contributed by atoms with Crippen LogP contribution in [0.15, 0.2) is 30.2 Å². The lowest BCUT2D eigenvalue weighted by atomic mass is 9.48. The van der Waals surface area contributed by atoms with Gasteiger partial charge in [0.25, 0.3) is 0 Å². The van der Waals surface area contributed by atoms with Gasteiger partial charge in [-0.25, -0.2) is 4.98 Å². The number of allylic oxidation sites excluding steroid dienone is 1. The molecule has 0 radical (unpaired) electrons. The van der Waals surface area contributed by atoms with Gasteiger partial charge >= 0.3 is 0 Å². The SMILES string of the molecule is CC(=CC(=O)N1CCN(c2cnccn2)CC1)C12CC3CC(CC(C3)C1)C2. The van der Waals surface area contributed by atoms with Crippen molar-refractivity contribution < 1.29 is 4.79 Å². The van der Waals surface area contributed by atoms with Crippen LogP contribution in [0.1, 0.15) is 45.4 Å². The maximum absolute atomic E-state index is 12.9. The summed E-state index contributed by atoms with van der Waals surface area (Å²) in [6.45, 7) is 5.42. The second kappa shape index (κ2) is 6.61. The van der Waals surface area contributed by atoms with Gasteiger partial charge in [0.1, 0.15) is 5.82 Å². The molecule has 5 aliphatic rings. The quantitative estimate of drug-likeness (QED) is 0.770. The summed E-state index contributed by atoms with van der Waals surface area (Å²) in [5.41, 5.74) is 1.70. The molecule has 27 heavy (non-hydrogen) atoms. The number of piperazine rings is 1. The van der Waals surface area contributed by atoms with E-state index in [0.717, 1.165) is 49.8 Å². The molecule has 1 aromatic heterocycles. The van der Waals surface area contributed by atoms with Crippen LogP contribution in [0, 0.1) is 23.2 Å². The van der Waals surface area contributed by atoms with Crippen LogP contribution in [0.2, 0.25) is 0 Å². The van der Waals surface area contributed by atoms with Crippen molar-refractivity contribution in [2.24, 2.45) is 23.2 Å². The highest BCUT2D eigenvalue weighted by atomic mass is 16.2. The minimum atomic E-state index is 0.210. The number of carbonyl (C=O) groups excluding carboxylic acids is 1. The first-order valence-electron chi connectivity index (χ1n) is 10.6. The van der Waals surface area contributed by atoms with Crippen molar-refractivity contribution in [3.63, 3.8) is 0 Å². The molecule has 0 N–H and O–H groups in total. The fraction of sp³-hybridized carbons (Fsp3) is 0.682. The Morgan fingerprint density at radius 2 is 1.67 bits per heavy atom. The van der Waals surface area contributed by atoms with E-state index in [1.54, 1.807) is 18.6 Å². The molecular formula is C22H30N4O. The smallest absolute Gasteiger partial charge is 0.246 e.